The van der Waals surface area contributed by atoms with Gasteiger partial charge < -0.3 is 9.80 Å². The van der Waals surface area contributed by atoms with Crippen LogP contribution in [0.4, 0.5) is 0 Å². The van der Waals surface area contributed by atoms with Gasteiger partial charge in [-0.2, -0.15) is 0 Å². The van der Waals surface area contributed by atoms with E-state index >= 15 is 0 Å². The van der Waals surface area contributed by atoms with Crippen molar-refractivity contribution in [2.75, 3.05) is 13.1 Å². The molecule has 2 aliphatic rings. The summed E-state index contributed by atoms with van der Waals surface area (Å²) in [6, 6.07) is 16.1. The molecule has 0 aromatic heterocycles. The Kier molecular flexibility index (Phi) is 3.87. The number of hydrogen-bond acceptors (Lipinski definition) is 2. The van der Waals surface area contributed by atoms with Crippen molar-refractivity contribution in [1.29, 1.82) is 0 Å². The average molecular weight is 348 g/mol. The summed E-state index contributed by atoms with van der Waals surface area (Å²) >= 11 is 0. The van der Waals surface area contributed by atoms with Gasteiger partial charge in [-0.3, -0.25) is 9.59 Å². The molecule has 0 N–H and O–H groups in total. The molecule has 0 aliphatic carbocycles. The van der Waals surface area contributed by atoms with Gasteiger partial charge in [0.05, 0.1) is 0 Å². The van der Waals surface area contributed by atoms with Crippen molar-refractivity contribution in [2.24, 2.45) is 0 Å². The summed E-state index contributed by atoms with van der Waals surface area (Å²) in [7, 11) is 0. The van der Waals surface area contributed by atoms with Crippen LogP contribution < -0.4 is 0 Å². The first-order valence-electron chi connectivity index (χ1n) is 9.34. The van der Waals surface area contributed by atoms with Crippen LogP contribution in [0, 0.1) is 0 Å². The van der Waals surface area contributed by atoms with Crippen LogP contribution >= 0.6 is 0 Å². The van der Waals surface area contributed by atoms with Crippen LogP contribution in [0.25, 0.3) is 0 Å². The predicted octanol–water partition coefficient (Wildman–Crippen LogP) is 3.72. The zero-order valence-corrected chi connectivity index (χ0v) is 15.5. The number of benzene rings is 2. The molecule has 26 heavy (non-hydrogen) atoms. The van der Waals surface area contributed by atoms with Crippen LogP contribution in [-0.4, -0.2) is 34.7 Å². The molecule has 0 radical (unpaired) electrons. The highest BCUT2D eigenvalue weighted by atomic mass is 16.2. The van der Waals surface area contributed by atoms with Crippen LogP contribution in [0.2, 0.25) is 0 Å². The summed E-state index contributed by atoms with van der Waals surface area (Å²) in [5.74, 6) is 0.525. The van der Waals surface area contributed by atoms with Crippen LogP contribution in [0.15, 0.2) is 48.5 Å². The molecule has 1 atom stereocenters. The molecule has 4 heteroatoms. The van der Waals surface area contributed by atoms with Gasteiger partial charge in [0.25, 0.3) is 5.91 Å². The van der Waals surface area contributed by atoms with Crippen LogP contribution in [-0.2, 0) is 10.5 Å². The van der Waals surface area contributed by atoms with E-state index in [-0.39, 0.29) is 11.8 Å². The summed E-state index contributed by atoms with van der Waals surface area (Å²) in [6.45, 7) is 7.33. The van der Waals surface area contributed by atoms with Gasteiger partial charge in [-0.25, -0.2) is 0 Å². The van der Waals surface area contributed by atoms with Gasteiger partial charge in [0, 0.05) is 36.2 Å². The highest BCUT2D eigenvalue weighted by Gasteiger charge is 2.59. The highest BCUT2D eigenvalue weighted by Crippen LogP contribution is 2.49. The standard InChI is InChI=1S/C22H24N2O2/c1-4-20(25)23-13-14-24-21(26)18-7-5-6-8-19(18)22(23,24)17-11-9-16(10-12-17)15(2)3/h5-12,15H,4,13-14H2,1-3H3. The summed E-state index contributed by atoms with van der Waals surface area (Å²) in [5, 5.41) is 0. The molecule has 2 aromatic rings. The molecule has 2 heterocycles. The lowest BCUT2D eigenvalue weighted by molar-refractivity contribution is -0.136. The van der Waals surface area contributed by atoms with E-state index in [1.54, 1.807) is 0 Å². The van der Waals surface area contributed by atoms with Crippen LogP contribution in [0.3, 0.4) is 0 Å². The number of fused-ring (bicyclic) bond motifs is 3. The minimum atomic E-state index is -0.809. The summed E-state index contributed by atoms with van der Waals surface area (Å²) < 4.78 is 0. The number of amides is 2. The van der Waals surface area contributed by atoms with Gasteiger partial charge >= 0.3 is 0 Å². The van der Waals surface area contributed by atoms with E-state index in [9.17, 15) is 9.59 Å². The molecule has 134 valence electrons. The fourth-order valence-corrected chi connectivity index (χ4v) is 4.39. The molecule has 2 aliphatic heterocycles. The lowest BCUT2D eigenvalue weighted by atomic mass is 9.88. The number of rotatable bonds is 3. The van der Waals surface area contributed by atoms with Gasteiger partial charge in [-0.05, 0) is 17.5 Å². The minimum Gasteiger partial charge on any atom is -0.310 e. The van der Waals surface area contributed by atoms with Crippen molar-refractivity contribution in [1.82, 2.24) is 9.80 Å². The normalized spacial score (nSPS) is 21.3. The minimum absolute atomic E-state index is 0.0138. The van der Waals surface area contributed by atoms with Crippen molar-refractivity contribution in [2.45, 2.75) is 38.8 Å². The van der Waals surface area contributed by atoms with E-state index < -0.39 is 5.66 Å². The molecule has 1 unspecified atom stereocenters. The summed E-state index contributed by atoms with van der Waals surface area (Å²) in [5.41, 5.74) is 3.05. The fourth-order valence-electron chi connectivity index (χ4n) is 4.39. The maximum atomic E-state index is 13.1. The van der Waals surface area contributed by atoms with Crippen molar-refractivity contribution in [3.63, 3.8) is 0 Å². The molecule has 0 spiro atoms. The Morgan fingerprint density at radius 1 is 1.08 bits per heavy atom. The first kappa shape index (κ1) is 16.8. The van der Waals surface area contributed by atoms with Crippen LogP contribution in [0.5, 0.6) is 0 Å². The third-order valence-electron chi connectivity index (χ3n) is 5.69. The van der Waals surface area contributed by atoms with E-state index in [4.69, 9.17) is 0 Å². The SMILES string of the molecule is CCC(=O)N1CCN2C(=O)c3ccccc3C12c1ccc(C(C)C)cc1. The second-order valence-electron chi connectivity index (χ2n) is 7.35. The monoisotopic (exact) mass is 348 g/mol. The third-order valence-corrected chi connectivity index (χ3v) is 5.69. The Bertz CT molecular complexity index is 872. The Balaban J connectivity index is 1.97. The number of carbonyl (C=O) groups excluding carboxylic acids is 2. The first-order valence-corrected chi connectivity index (χ1v) is 9.34. The Hall–Kier alpha value is -2.62. The second kappa shape index (κ2) is 5.97. The largest absolute Gasteiger partial charge is 0.310 e. The molecule has 0 saturated carbocycles. The Morgan fingerprint density at radius 3 is 2.42 bits per heavy atom. The van der Waals surface area contributed by atoms with Gasteiger partial charge in [-0.15, -0.1) is 0 Å². The molecule has 1 saturated heterocycles. The van der Waals surface area contributed by atoms with Gasteiger partial charge in [0.2, 0.25) is 5.91 Å². The number of carbonyl (C=O) groups is 2. The van der Waals surface area contributed by atoms with E-state index in [0.717, 1.165) is 11.1 Å². The highest BCUT2D eigenvalue weighted by molar-refractivity contribution is 6.02. The lowest BCUT2D eigenvalue weighted by Crippen LogP contribution is -2.51. The molecular weight excluding hydrogens is 324 g/mol. The third kappa shape index (κ3) is 2.08. The van der Waals surface area contributed by atoms with Crippen molar-refractivity contribution >= 4 is 11.8 Å². The molecule has 4 rings (SSSR count). The van der Waals surface area contributed by atoms with E-state index in [0.29, 0.717) is 31.0 Å². The summed E-state index contributed by atoms with van der Waals surface area (Å²) in [6.07, 6.45) is 0.427. The lowest BCUT2D eigenvalue weighted by Gasteiger charge is -2.40. The maximum Gasteiger partial charge on any atom is 0.256 e. The molecule has 2 aromatic carbocycles. The quantitative estimate of drug-likeness (QED) is 0.848. The first-order chi connectivity index (χ1) is 12.5. The fraction of sp³-hybridized carbons (Fsp3) is 0.364. The number of hydrogen-bond donors (Lipinski definition) is 0. The smallest absolute Gasteiger partial charge is 0.256 e. The molecular formula is C22H24N2O2. The Labute approximate surface area is 154 Å². The van der Waals surface area contributed by atoms with Crippen LogP contribution in [0.1, 0.15) is 60.2 Å². The van der Waals surface area contributed by atoms with Crippen molar-refractivity contribution in [3.8, 4) is 0 Å². The topological polar surface area (TPSA) is 40.6 Å². The van der Waals surface area contributed by atoms with E-state index in [1.165, 1.54) is 5.56 Å². The zero-order valence-electron chi connectivity index (χ0n) is 15.5. The summed E-state index contributed by atoms with van der Waals surface area (Å²) in [4.78, 5) is 29.7. The predicted molar refractivity (Wildman–Crippen MR) is 101 cm³/mol. The zero-order chi connectivity index (χ0) is 18.5. The molecule has 0 bridgehead atoms. The maximum absolute atomic E-state index is 13.1. The van der Waals surface area contributed by atoms with Gasteiger partial charge in [0.15, 0.2) is 5.66 Å². The van der Waals surface area contributed by atoms with Gasteiger partial charge in [0.1, 0.15) is 0 Å². The van der Waals surface area contributed by atoms with E-state index in [1.807, 2.05) is 41.0 Å². The molecule has 1 fully saturated rings. The van der Waals surface area contributed by atoms with Crippen molar-refractivity contribution in [3.05, 3.63) is 70.8 Å². The molecule has 4 nitrogen and oxygen atoms in total. The van der Waals surface area contributed by atoms with Crippen molar-refractivity contribution < 1.29 is 9.59 Å². The average Bonchev–Trinajstić information content (AvgIpc) is 3.17. The molecule has 2 amide bonds. The second-order valence-corrected chi connectivity index (χ2v) is 7.35. The van der Waals surface area contributed by atoms with Gasteiger partial charge in [-0.1, -0.05) is 63.2 Å². The van der Waals surface area contributed by atoms with E-state index in [2.05, 4.69) is 38.1 Å². The number of nitrogens with zero attached hydrogens (tertiary/aromatic N) is 2. The Morgan fingerprint density at radius 2 is 1.77 bits per heavy atom.